The number of hydrogen-bond donors (Lipinski definition) is 0. The Morgan fingerprint density at radius 2 is 2.17 bits per heavy atom. The lowest BCUT2D eigenvalue weighted by atomic mass is 10.2. The second-order valence-corrected chi connectivity index (χ2v) is 15.1. The summed E-state index contributed by atoms with van der Waals surface area (Å²) < 4.78 is 23.1. The van der Waals surface area contributed by atoms with Crippen LogP contribution in [0.5, 0.6) is 0 Å². The van der Waals surface area contributed by atoms with Crippen LogP contribution in [0.15, 0.2) is 0 Å². The Labute approximate surface area is 81.6 Å². The standard InChI is InChI=1S/C5H14O2P4S/c1-4-2-3-12(6,7)5(4)11(9)10-8/h4-5,10H,2-3,8-9H2,1H3/t4-,5-,11?/m0/s1. The zero-order valence-corrected chi connectivity index (χ0v) is 11.9. The van der Waals surface area contributed by atoms with Gasteiger partial charge in [0, 0.05) is 0 Å². The zero-order valence-electron chi connectivity index (χ0n) is 6.90. The highest BCUT2D eigenvalue weighted by molar-refractivity contribution is 8.62. The van der Waals surface area contributed by atoms with Crippen LogP contribution in [0.3, 0.4) is 0 Å². The van der Waals surface area contributed by atoms with E-state index in [1.165, 1.54) is 0 Å². The summed E-state index contributed by atoms with van der Waals surface area (Å²) in [4.78, 5) is -0.0478. The largest absolute Gasteiger partial charge is 0.228 e. The van der Waals surface area contributed by atoms with Crippen LogP contribution in [-0.4, -0.2) is 19.2 Å². The number of hydrogen-bond acceptors (Lipinski definition) is 2. The molecule has 1 saturated heterocycles. The molecule has 1 rings (SSSR count). The van der Waals surface area contributed by atoms with E-state index in [2.05, 4.69) is 24.8 Å². The van der Waals surface area contributed by atoms with Gasteiger partial charge in [-0.15, -0.1) is 17.9 Å². The first-order chi connectivity index (χ1) is 5.49. The van der Waals surface area contributed by atoms with Gasteiger partial charge in [0.25, 0.3) is 0 Å². The maximum absolute atomic E-state index is 11.6. The molecule has 72 valence electrons. The fourth-order valence-electron chi connectivity index (χ4n) is 1.49. The Morgan fingerprint density at radius 3 is 2.50 bits per heavy atom. The molecule has 0 amide bonds. The summed E-state index contributed by atoms with van der Waals surface area (Å²) in [7, 11) is 2.94. The minimum Gasteiger partial charge on any atom is -0.228 e. The van der Waals surface area contributed by atoms with Gasteiger partial charge >= 0.3 is 0 Å². The van der Waals surface area contributed by atoms with Crippen molar-refractivity contribution in [2.24, 2.45) is 5.92 Å². The highest BCUT2D eigenvalue weighted by Gasteiger charge is 2.40. The van der Waals surface area contributed by atoms with E-state index in [1.54, 1.807) is 0 Å². The molecule has 1 heterocycles. The normalized spacial score (nSPS) is 37.6. The number of sulfone groups is 1. The molecule has 1 aliphatic heterocycles. The molecule has 0 aliphatic carbocycles. The van der Waals surface area contributed by atoms with Crippen LogP contribution in [0.4, 0.5) is 0 Å². The lowest BCUT2D eigenvalue weighted by Crippen LogP contribution is -2.15. The van der Waals surface area contributed by atoms with Gasteiger partial charge in [-0.05, 0) is 19.6 Å². The molecule has 0 N–H and O–H groups in total. The van der Waals surface area contributed by atoms with Crippen molar-refractivity contribution >= 4 is 43.0 Å². The van der Waals surface area contributed by atoms with Gasteiger partial charge in [0.15, 0.2) is 9.84 Å². The summed E-state index contributed by atoms with van der Waals surface area (Å²) in [6, 6.07) is 0. The second-order valence-electron chi connectivity index (χ2n) is 3.06. The summed E-state index contributed by atoms with van der Waals surface area (Å²) in [6.07, 6.45) is 0.857. The van der Waals surface area contributed by atoms with Crippen molar-refractivity contribution in [3.8, 4) is 0 Å². The topological polar surface area (TPSA) is 34.1 Å². The maximum atomic E-state index is 11.6. The average Bonchev–Trinajstić information content (AvgIpc) is 2.25. The molecule has 7 heteroatoms. The molecule has 0 aromatic rings. The van der Waals surface area contributed by atoms with Crippen LogP contribution < -0.4 is 0 Å². The van der Waals surface area contributed by atoms with Crippen molar-refractivity contribution in [3.05, 3.63) is 0 Å². The van der Waals surface area contributed by atoms with E-state index in [0.717, 1.165) is 6.42 Å². The molecule has 1 fully saturated rings. The van der Waals surface area contributed by atoms with E-state index >= 15 is 0 Å². The third-order valence-corrected chi connectivity index (χ3v) is 17.8. The summed E-state index contributed by atoms with van der Waals surface area (Å²) in [5.41, 5.74) is 0. The first kappa shape index (κ1) is 11.7. The first-order valence-electron chi connectivity index (χ1n) is 3.71. The minimum atomic E-state index is -2.75. The van der Waals surface area contributed by atoms with Crippen molar-refractivity contribution in [2.75, 3.05) is 5.75 Å². The predicted molar refractivity (Wildman–Crippen MR) is 66.0 cm³/mol. The lowest BCUT2D eigenvalue weighted by Gasteiger charge is -2.20. The van der Waals surface area contributed by atoms with E-state index < -0.39 is 9.84 Å². The first-order valence-corrected chi connectivity index (χ1v) is 12.1. The molecule has 0 bridgehead atoms. The molecule has 2 nitrogen and oxygen atoms in total. The van der Waals surface area contributed by atoms with Crippen LogP contribution >= 0.6 is 33.1 Å². The van der Waals surface area contributed by atoms with Crippen LogP contribution in [0.2, 0.25) is 0 Å². The van der Waals surface area contributed by atoms with Crippen LogP contribution in [0.1, 0.15) is 13.3 Å². The zero-order chi connectivity index (χ0) is 9.35. The molecule has 0 aromatic heterocycles. The molecule has 6 atom stereocenters. The summed E-state index contributed by atoms with van der Waals surface area (Å²) in [5.74, 6) is 0.771. The summed E-state index contributed by atoms with van der Waals surface area (Å²) in [6.45, 7) is 2.05. The van der Waals surface area contributed by atoms with E-state index in [4.69, 9.17) is 0 Å². The Hall–Kier alpha value is 1.67. The Morgan fingerprint density at radius 1 is 1.58 bits per heavy atom. The van der Waals surface area contributed by atoms with Crippen LogP contribution in [0.25, 0.3) is 0 Å². The molecule has 0 spiro atoms. The third kappa shape index (κ3) is 2.37. The SMILES string of the molecule is C[C@H]1CCS(=O)(=O)[C@@H]1P(P)PP. The van der Waals surface area contributed by atoms with Gasteiger partial charge in [-0.3, -0.25) is 0 Å². The molecular weight excluding hydrogens is 248 g/mol. The quantitative estimate of drug-likeness (QED) is 0.716. The molecular formula is C5H14O2P4S. The lowest BCUT2D eigenvalue weighted by molar-refractivity contribution is 0.593. The third-order valence-electron chi connectivity index (χ3n) is 2.14. The fraction of sp³-hybridized carbons (Fsp3) is 1.00. The van der Waals surface area contributed by atoms with Crippen molar-refractivity contribution in [1.29, 1.82) is 0 Å². The summed E-state index contributed by atoms with van der Waals surface area (Å²) in [5, 5.41) is 0. The molecule has 12 heavy (non-hydrogen) atoms. The van der Waals surface area contributed by atoms with Gasteiger partial charge in [0.05, 0.1) is 10.7 Å². The van der Waals surface area contributed by atoms with Gasteiger partial charge in [-0.2, -0.15) is 0 Å². The Balaban J connectivity index is 2.85. The molecule has 4 unspecified atom stereocenters. The maximum Gasteiger partial charge on any atom is 0.158 e. The monoisotopic (exact) mass is 262 g/mol. The van der Waals surface area contributed by atoms with Crippen molar-refractivity contribution < 1.29 is 8.42 Å². The molecule has 0 saturated carbocycles. The number of rotatable bonds is 2. The van der Waals surface area contributed by atoms with Crippen LogP contribution in [0, 0.1) is 5.92 Å². The Kier molecular flexibility index (Phi) is 4.36. The van der Waals surface area contributed by atoms with Gasteiger partial charge < -0.3 is 0 Å². The van der Waals surface area contributed by atoms with Gasteiger partial charge in [-0.1, -0.05) is 14.9 Å². The van der Waals surface area contributed by atoms with Crippen LogP contribution in [-0.2, 0) is 9.84 Å². The van der Waals surface area contributed by atoms with E-state index in [0.29, 0.717) is 19.6 Å². The fourth-order valence-corrected chi connectivity index (χ4v) is 14.0. The van der Waals surface area contributed by atoms with Crippen molar-refractivity contribution in [2.45, 2.75) is 18.3 Å². The highest BCUT2D eigenvalue weighted by atomic mass is 32.6. The average molecular weight is 262 g/mol. The molecule has 1 aliphatic rings. The van der Waals surface area contributed by atoms with Gasteiger partial charge in [0.2, 0.25) is 0 Å². The van der Waals surface area contributed by atoms with E-state index in [1.807, 2.05) is 0 Å². The van der Waals surface area contributed by atoms with Gasteiger partial charge in [0.1, 0.15) is 0 Å². The highest BCUT2D eigenvalue weighted by Crippen LogP contribution is 2.72. The van der Waals surface area contributed by atoms with Gasteiger partial charge in [-0.25, -0.2) is 8.42 Å². The van der Waals surface area contributed by atoms with Crippen molar-refractivity contribution in [1.82, 2.24) is 0 Å². The minimum absolute atomic E-state index is 0.0478. The molecule has 0 aromatic carbocycles. The second kappa shape index (κ2) is 4.46. The molecule has 0 radical (unpaired) electrons. The smallest absolute Gasteiger partial charge is 0.158 e. The predicted octanol–water partition coefficient (Wildman–Crippen LogP) is 2.42. The van der Waals surface area contributed by atoms with Crippen molar-refractivity contribution in [3.63, 3.8) is 0 Å². The summed E-state index contributed by atoms with van der Waals surface area (Å²) >= 11 is 0. The Bertz CT molecular complexity index is 252. The van der Waals surface area contributed by atoms with E-state index in [-0.39, 0.29) is 12.3 Å². The van der Waals surface area contributed by atoms with E-state index in [9.17, 15) is 8.42 Å².